The number of anilines is 2. The Hall–Kier alpha value is -2.74. The minimum atomic E-state index is -1.18. The first-order valence-electron chi connectivity index (χ1n) is 8.80. The van der Waals surface area contributed by atoms with E-state index < -0.39 is 17.9 Å². The largest absolute Gasteiger partial charge is 0.480 e. The lowest BCUT2D eigenvalue weighted by molar-refractivity contribution is -0.138. The van der Waals surface area contributed by atoms with E-state index in [1.807, 2.05) is 0 Å². The molecule has 0 heterocycles. The average molecular weight is 377 g/mol. The van der Waals surface area contributed by atoms with Gasteiger partial charge < -0.3 is 21.5 Å². The van der Waals surface area contributed by atoms with Crippen molar-refractivity contribution in [1.82, 2.24) is 0 Å². The highest BCUT2D eigenvalue weighted by Crippen LogP contribution is 2.26. The summed E-state index contributed by atoms with van der Waals surface area (Å²) in [5, 5.41) is 14.1. The van der Waals surface area contributed by atoms with Crippen LogP contribution in [0, 0.1) is 11.8 Å². The van der Waals surface area contributed by atoms with Gasteiger partial charge in [-0.3, -0.25) is 19.2 Å². The quantitative estimate of drug-likeness (QED) is 0.487. The van der Waals surface area contributed by atoms with Crippen LogP contribution in [0.2, 0.25) is 0 Å². The topological polar surface area (TPSA) is 139 Å². The molecule has 0 aliphatic heterocycles. The van der Waals surface area contributed by atoms with Crippen molar-refractivity contribution in [1.29, 1.82) is 0 Å². The van der Waals surface area contributed by atoms with Gasteiger partial charge in [0.2, 0.25) is 11.8 Å². The van der Waals surface area contributed by atoms with Gasteiger partial charge in [-0.1, -0.05) is 27.7 Å². The van der Waals surface area contributed by atoms with E-state index in [0.717, 1.165) is 0 Å². The number of rotatable bonds is 9. The second-order valence-corrected chi connectivity index (χ2v) is 6.95. The molecule has 1 aromatic rings. The number of hydrogen-bond donors (Lipinski definition) is 4. The molecule has 0 aliphatic rings. The van der Waals surface area contributed by atoms with Crippen LogP contribution in [-0.2, 0) is 14.4 Å². The van der Waals surface area contributed by atoms with Crippen LogP contribution < -0.4 is 16.4 Å². The summed E-state index contributed by atoms with van der Waals surface area (Å²) in [5.74, 6) is -2.45. The highest BCUT2D eigenvalue weighted by atomic mass is 16.4. The van der Waals surface area contributed by atoms with E-state index in [2.05, 4.69) is 10.6 Å². The third-order valence-corrected chi connectivity index (χ3v) is 3.88. The van der Waals surface area contributed by atoms with E-state index >= 15 is 0 Å². The third-order valence-electron chi connectivity index (χ3n) is 3.88. The summed E-state index contributed by atoms with van der Waals surface area (Å²) in [4.78, 5) is 47.1. The van der Waals surface area contributed by atoms with Gasteiger partial charge in [0.15, 0.2) is 5.78 Å². The van der Waals surface area contributed by atoms with Crippen LogP contribution in [-0.4, -0.2) is 34.7 Å². The van der Waals surface area contributed by atoms with Crippen molar-refractivity contribution in [2.75, 3.05) is 10.6 Å². The van der Waals surface area contributed by atoms with E-state index in [0.29, 0.717) is 16.9 Å². The number of ketones is 1. The molecule has 1 rings (SSSR count). The van der Waals surface area contributed by atoms with Gasteiger partial charge in [0.1, 0.15) is 6.04 Å². The molecular formula is C19H27N3O5. The highest BCUT2D eigenvalue weighted by Gasteiger charge is 2.18. The number of hydrogen-bond acceptors (Lipinski definition) is 5. The molecule has 0 aliphatic carbocycles. The molecule has 27 heavy (non-hydrogen) atoms. The Labute approximate surface area is 158 Å². The van der Waals surface area contributed by atoms with Crippen molar-refractivity contribution in [2.45, 2.75) is 46.6 Å². The average Bonchev–Trinajstić information content (AvgIpc) is 2.59. The summed E-state index contributed by atoms with van der Waals surface area (Å²) < 4.78 is 0. The standard InChI is InChI=1S/C19H27N3O5/c1-10(2)17(24)12-5-7-14(15(9-12)22-18(25)11(3)4)21-16(23)8-6-13(20)19(26)27/h5,7,9-11,13H,6,8,20H2,1-4H3,(H,21,23)(H,22,25)(H,26,27)/t13-/m1/s1. The lowest BCUT2D eigenvalue weighted by Gasteiger charge is -2.16. The maximum absolute atomic E-state index is 12.2. The first-order valence-corrected chi connectivity index (χ1v) is 8.80. The summed E-state index contributed by atoms with van der Waals surface area (Å²) in [7, 11) is 0. The summed E-state index contributed by atoms with van der Waals surface area (Å²) in [6.45, 7) is 7.00. The van der Waals surface area contributed by atoms with E-state index in [9.17, 15) is 19.2 Å². The molecule has 0 spiro atoms. The summed E-state index contributed by atoms with van der Waals surface area (Å²) >= 11 is 0. The maximum atomic E-state index is 12.2. The van der Waals surface area contributed by atoms with Gasteiger partial charge >= 0.3 is 5.97 Å². The number of Topliss-reactive ketones (excluding diaryl/α,β-unsaturated/α-hetero) is 1. The van der Waals surface area contributed by atoms with Crippen molar-refractivity contribution in [3.05, 3.63) is 23.8 Å². The van der Waals surface area contributed by atoms with Crippen LogP contribution in [0.25, 0.3) is 0 Å². The van der Waals surface area contributed by atoms with E-state index in [1.165, 1.54) is 6.07 Å². The smallest absolute Gasteiger partial charge is 0.320 e. The number of nitrogens with two attached hydrogens (primary N) is 1. The molecular weight excluding hydrogens is 350 g/mol. The van der Waals surface area contributed by atoms with Crippen LogP contribution >= 0.6 is 0 Å². The van der Waals surface area contributed by atoms with Crippen LogP contribution in [0.15, 0.2) is 18.2 Å². The molecule has 0 saturated heterocycles. The SMILES string of the molecule is CC(C)C(=O)Nc1cc(C(=O)C(C)C)ccc1NC(=O)CC[C@@H](N)C(=O)O. The van der Waals surface area contributed by atoms with Crippen molar-refractivity contribution in [3.8, 4) is 0 Å². The molecule has 2 amide bonds. The fourth-order valence-corrected chi connectivity index (χ4v) is 2.14. The lowest BCUT2D eigenvalue weighted by atomic mass is 10.00. The second kappa shape index (κ2) is 9.82. The second-order valence-electron chi connectivity index (χ2n) is 6.95. The molecule has 8 heteroatoms. The van der Waals surface area contributed by atoms with Crippen molar-refractivity contribution in [2.24, 2.45) is 17.6 Å². The van der Waals surface area contributed by atoms with Gasteiger partial charge in [0.25, 0.3) is 0 Å². The molecule has 0 fully saturated rings. The minimum absolute atomic E-state index is 0.0151. The molecule has 0 aromatic heterocycles. The zero-order chi connectivity index (χ0) is 20.7. The summed E-state index contributed by atoms with van der Waals surface area (Å²) in [6, 6.07) is 3.52. The molecule has 148 valence electrons. The number of carboxylic acids is 1. The van der Waals surface area contributed by atoms with E-state index in [-0.39, 0.29) is 36.4 Å². The van der Waals surface area contributed by atoms with Crippen LogP contribution in [0.3, 0.4) is 0 Å². The lowest BCUT2D eigenvalue weighted by Crippen LogP contribution is -2.31. The van der Waals surface area contributed by atoms with Crippen molar-refractivity contribution >= 4 is 34.9 Å². The first-order chi connectivity index (χ1) is 12.5. The van der Waals surface area contributed by atoms with Crippen LogP contribution in [0.1, 0.15) is 50.9 Å². The number of benzene rings is 1. The highest BCUT2D eigenvalue weighted by molar-refractivity contribution is 6.04. The molecule has 1 atom stereocenters. The Morgan fingerprint density at radius 3 is 2.15 bits per heavy atom. The van der Waals surface area contributed by atoms with Crippen molar-refractivity contribution < 1.29 is 24.3 Å². The Balaban J connectivity index is 3.02. The van der Waals surface area contributed by atoms with Gasteiger partial charge in [0.05, 0.1) is 11.4 Å². The molecule has 8 nitrogen and oxygen atoms in total. The van der Waals surface area contributed by atoms with Crippen LogP contribution in [0.4, 0.5) is 11.4 Å². The Kier molecular flexibility index (Phi) is 8.11. The number of amides is 2. The number of nitrogens with one attached hydrogen (secondary N) is 2. The number of carbonyl (C=O) groups excluding carboxylic acids is 3. The van der Waals surface area contributed by atoms with Gasteiger partial charge in [-0.25, -0.2) is 0 Å². The third kappa shape index (κ3) is 6.82. The molecule has 0 saturated carbocycles. The molecule has 0 unspecified atom stereocenters. The Bertz CT molecular complexity index is 728. The van der Waals surface area contributed by atoms with Gasteiger partial charge in [-0.05, 0) is 24.6 Å². The molecule has 0 radical (unpaired) electrons. The van der Waals surface area contributed by atoms with Gasteiger partial charge in [-0.2, -0.15) is 0 Å². The summed E-state index contributed by atoms with van der Waals surface area (Å²) in [5.41, 5.74) is 6.47. The Morgan fingerprint density at radius 2 is 1.63 bits per heavy atom. The fraction of sp³-hybridized carbons (Fsp3) is 0.474. The van der Waals surface area contributed by atoms with Gasteiger partial charge in [0, 0.05) is 23.8 Å². The van der Waals surface area contributed by atoms with Crippen LogP contribution in [0.5, 0.6) is 0 Å². The van der Waals surface area contributed by atoms with Gasteiger partial charge in [-0.15, -0.1) is 0 Å². The maximum Gasteiger partial charge on any atom is 0.320 e. The number of carboxylic acid groups (broad SMARTS) is 1. The first kappa shape index (κ1) is 22.3. The van der Waals surface area contributed by atoms with Crippen molar-refractivity contribution in [3.63, 3.8) is 0 Å². The predicted molar refractivity (Wildman–Crippen MR) is 103 cm³/mol. The predicted octanol–water partition coefficient (Wildman–Crippen LogP) is 2.25. The zero-order valence-electron chi connectivity index (χ0n) is 16.0. The van der Waals surface area contributed by atoms with E-state index in [4.69, 9.17) is 10.8 Å². The normalized spacial score (nSPS) is 12.0. The number of carbonyl (C=O) groups is 4. The monoisotopic (exact) mass is 377 g/mol. The number of aliphatic carboxylic acids is 1. The fourth-order valence-electron chi connectivity index (χ4n) is 2.14. The minimum Gasteiger partial charge on any atom is -0.480 e. The molecule has 1 aromatic carbocycles. The van der Waals surface area contributed by atoms with E-state index in [1.54, 1.807) is 39.8 Å². The summed E-state index contributed by atoms with van der Waals surface area (Å²) in [6.07, 6.45) is -0.101. The molecule has 5 N–H and O–H groups in total. The zero-order valence-corrected chi connectivity index (χ0v) is 16.0. The Morgan fingerprint density at radius 1 is 1.00 bits per heavy atom. The molecule has 0 bridgehead atoms.